The minimum Gasteiger partial charge on any atom is -0.325 e. The van der Waals surface area contributed by atoms with Gasteiger partial charge in [-0.1, -0.05) is 19.4 Å². The number of halogens is 1. The summed E-state index contributed by atoms with van der Waals surface area (Å²) in [5.74, 6) is -0.0800. The molecule has 0 saturated carbocycles. The number of nitrogens with zero attached hydrogens (tertiary/aromatic N) is 1. The zero-order chi connectivity index (χ0) is 15.5. The molecule has 0 aliphatic carbocycles. The van der Waals surface area contributed by atoms with Crippen LogP contribution in [0.15, 0.2) is 24.3 Å². The topological polar surface area (TPSA) is 92.5 Å². The molecule has 124 valence electrons. The second kappa shape index (κ2) is 7.80. The Kier molecular flexibility index (Phi) is 6.65. The molecule has 1 aliphatic heterocycles. The lowest BCUT2D eigenvalue weighted by atomic mass is 10.1. The third-order valence-corrected chi connectivity index (χ3v) is 5.31. The third-order valence-electron chi connectivity index (χ3n) is 3.44. The second-order valence-corrected chi connectivity index (χ2v) is 7.19. The molecule has 0 bridgehead atoms. The number of nitrogens with two attached hydrogens (primary N) is 1. The summed E-state index contributed by atoms with van der Waals surface area (Å²) in [5, 5.41) is 2.73. The molecular formula is C14H22ClN3O3S. The predicted molar refractivity (Wildman–Crippen MR) is 91.0 cm³/mol. The molecule has 1 aliphatic rings. The van der Waals surface area contributed by atoms with Crippen LogP contribution in [-0.4, -0.2) is 32.7 Å². The lowest BCUT2D eigenvalue weighted by Gasteiger charge is -2.18. The molecule has 1 unspecified atom stereocenters. The molecule has 0 aromatic heterocycles. The van der Waals surface area contributed by atoms with Gasteiger partial charge < -0.3 is 11.1 Å². The Morgan fingerprint density at radius 3 is 2.77 bits per heavy atom. The summed E-state index contributed by atoms with van der Waals surface area (Å²) in [4.78, 5) is 11.9. The van der Waals surface area contributed by atoms with Gasteiger partial charge in [-0.2, -0.15) is 0 Å². The van der Waals surface area contributed by atoms with E-state index in [2.05, 4.69) is 5.32 Å². The fourth-order valence-electron chi connectivity index (χ4n) is 2.35. The predicted octanol–water partition coefficient (Wildman–Crippen LogP) is 1.71. The first kappa shape index (κ1) is 18.7. The number of carbonyl (C=O) groups excluding carboxylic acids is 1. The van der Waals surface area contributed by atoms with Gasteiger partial charge in [-0.25, -0.2) is 8.42 Å². The SMILES string of the molecule is CCCC(N)C(=O)Nc1cccc(N2CCCS2(=O)=O)c1.Cl. The van der Waals surface area contributed by atoms with E-state index in [1.165, 1.54) is 4.31 Å². The van der Waals surface area contributed by atoms with Gasteiger partial charge in [0, 0.05) is 12.2 Å². The average Bonchev–Trinajstić information content (AvgIpc) is 2.79. The monoisotopic (exact) mass is 347 g/mol. The van der Waals surface area contributed by atoms with Crippen molar-refractivity contribution in [2.45, 2.75) is 32.2 Å². The molecule has 2 rings (SSSR count). The van der Waals surface area contributed by atoms with Gasteiger partial charge in [0.05, 0.1) is 17.5 Å². The Hall–Kier alpha value is -1.31. The summed E-state index contributed by atoms with van der Waals surface area (Å²) in [5.41, 5.74) is 6.90. The van der Waals surface area contributed by atoms with E-state index in [9.17, 15) is 13.2 Å². The molecule has 0 spiro atoms. The fraction of sp³-hybridized carbons (Fsp3) is 0.500. The van der Waals surface area contributed by atoms with Gasteiger partial charge in [0.1, 0.15) is 0 Å². The van der Waals surface area contributed by atoms with Crippen molar-refractivity contribution in [1.82, 2.24) is 0 Å². The highest BCUT2D eigenvalue weighted by Crippen LogP contribution is 2.26. The van der Waals surface area contributed by atoms with E-state index >= 15 is 0 Å². The Labute approximate surface area is 137 Å². The molecule has 8 heteroatoms. The van der Waals surface area contributed by atoms with Crippen LogP contribution in [0.3, 0.4) is 0 Å². The number of sulfonamides is 1. The third kappa shape index (κ3) is 4.34. The van der Waals surface area contributed by atoms with Crippen molar-refractivity contribution < 1.29 is 13.2 Å². The molecule has 1 aromatic rings. The first-order valence-corrected chi connectivity index (χ1v) is 8.72. The average molecular weight is 348 g/mol. The number of anilines is 2. The van der Waals surface area contributed by atoms with Crippen molar-refractivity contribution in [3.8, 4) is 0 Å². The van der Waals surface area contributed by atoms with Crippen LogP contribution in [0.2, 0.25) is 0 Å². The van der Waals surface area contributed by atoms with Crippen LogP contribution in [0, 0.1) is 0 Å². The molecule has 1 amide bonds. The first-order chi connectivity index (χ1) is 9.94. The highest BCUT2D eigenvalue weighted by Gasteiger charge is 2.28. The van der Waals surface area contributed by atoms with Crippen LogP contribution in [0.25, 0.3) is 0 Å². The number of hydrogen-bond donors (Lipinski definition) is 2. The molecule has 1 atom stereocenters. The lowest BCUT2D eigenvalue weighted by Crippen LogP contribution is -2.35. The zero-order valence-electron chi connectivity index (χ0n) is 12.5. The van der Waals surface area contributed by atoms with Gasteiger partial charge in [-0.05, 0) is 31.0 Å². The molecule has 0 radical (unpaired) electrons. The van der Waals surface area contributed by atoms with Gasteiger partial charge in [0.15, 0.2) is 0 Å². The van der Waals surface area contributed by atoms with Crippen molar-refractivity contribution in [3.05, 3.63) is 24.3 Å². The van der Waals surface area contributed by atoms with Crippen molar-refractivity contribution >= 4 is 39.7 Å². The van der Waals surface area contributed by atoms with Crippen LogP contribution in [0.4, 0.5) is 11.4 Å². The molecule has 22 heavy (non-hydrogen) atoms. The van der Waals surface area contributed by atoms with E-state index in [1.807, 2.05) is 6.92 Å². The maximum atomic E-state index is 11.9. The molecule has 6 nitrogen and oxygen atoms in total. The molecule has 3 N–H and O–H groups in total. The maximum absolute atomic E-state index is 11.9. The largest absolute Gasteiger partial charge is 0.325 e. The summed E-state index contributed by atoms with van der Waals surface area (Å²) in [7, 11) is -3.21. The van der Waals surface area contributed by atoms with Crippen molar-refractivity contribution in [3.63, 3.8) is 0 Å². The quantitative estimate of drug-likeness (QED) is 0.848. The Morgan fingerprint density at radius 1 is 1.45 bits per heavy atom. The maximum Gasteiger partial charge on any atom is 0.241 e. The molecule has 1 aromatic carbocycles. The molecule has 1 heterocycles. The highest BCUT2D eigenvalue weighted by molar-refractivity contribution is 7.93. The number of amides is 1. The van der Waals surface area contributed by atoms with E-state index < -0.39 is 16.1 Å². The minimum atomic E-state index is -3.21. The van der Waals surface area contributed by atoms with E-state index in [-0.39, 0.29) is 24.1 Å². The van der Waals surface area contributed by atoms with Crippen molar-refractivity contribution in [2.75, 3.05) is 21.9 Å². The van der Waals surface area contributed by atoms with Gasteiger partial charge in [0.2, 0.25) is 15.9 Å². The Bertz CT molecular complexity index is 622. The molecule has 1 fully saturated rings. The fourth-order valence-corrected chi connectivity index (χ4v) is 3.90. The Morgan fingerprint density at radius 2 is 2.18 bits per heavy atom. The van der Waals surface area contributed by atoms with Crippen molar-refractivity contribution in [2.24, 2.45) is 5.73 Å². The zero-order valence-corrected chi connectivity index (χ0v) is 14.1. The van der Waals surface area contributed by atoms with Gasteiger partial charge in [0.25, 0.3) is 0 Å². The van der Waals surface area contributed by atoms with Crippen LogP contribution in [-0.2, 0) is 14.8 Å². The summed E-state index contributed by atoms with van der Waals surface area (Å²) < 4.78 is 25.2. The smallest absolute Gasteiger partial charge is 0.241 e. The summed E-state index contributed by atoms with van der Waals surface area (Å²) in [6, 6.07) is 6.30. The number of hydrogen-bond acceptors (Lipinski definition) is 4. The number of nitrogens with one attached hydrogen (secondary N) is 1. The highest BCUT2D eigenvalue weighted by atomic mass is 35.5. The van der Waals surface area contributed by atoms with Crippen LogP contribution in [0.1, 0.15) is 26.2 Å². The number of carbonyl (C=O) groups is 1. The Balaban J connectivity index is 0.00000242. The molecular weight excluding hydrogens is 326 g/mol. The van der Waals surface area contributed by atoms with E-state index in [0.29, 0.717) is 30.8 Å². The van der Waals surface area contributed by atoms with Gasteiger partial charge in [-0.15, -0.1) is 12.4 Å². The van der Waals surface area contributed by atoms with Crippen molar-refractivity contribution in [1.29, 1.82) is 0 Å². The normalized spacial score (nSPS) is 17.6. The molecule has 1 saturated heterocycles. The summed E-state index contributed by atoms with van der Waals surface area (Å²) >= 11 is 0. The van der Waals surface area contributed by atoms with E-state index in [4.69, 9.17) is 5.73 Å². The summed E-state index contributed by atoms with van der Waals surface area (Å²) in [6.45, 7) is 2.45. The van der Waals surface area contributed by atoms with Crippen LogP contribution >= 0.6 is 12.4 Å². The second-order valence-electron chi connectivity index (χ2n) is 5.18. The number of benzene rings is 1. The standard InChI is InChI=1S/C14H21N3O3S.ClH/c1-2-5-13(15)14(18)16-11-6-3-7-12(10-11)17-8-4-9-21(17,19)20;/h3,6-7,10,13H,2,4-5,8-9,15H2,1H3,(H,16,18);1H. The van der Waals surface area contributed by atoms with Crippen LogP contribution < -0.4 is 15.4 Å². The lowest BCUT2D eigenvalue weighted by molar-refractivity contribution is -0.117. The van der Waals surface area contributed by atoms with Gasteiger partial charge in [-0.3, -0.25) is 9.10 Å². The number of rotatable bonds is 5. The minimum absolute atomic E-state index is 0. The summed E-state index contributed by atoms with van der Waals surface area (Å²) in [6.07, 6.45) is 2.08. The van der Waals surface area contributed by atoms with E-state index in [1.54, 1.807) is 24.3 Å². The van der Waals surface area contributed by atoms with Gasteiger partial charge >= 0.3 is 0 Å². The first-order valence-electron chi connectivity index (χ1n) is 7.11. The van der Waals surface area contributed by atoms with E-state index in [0.717, 1.165) is 6.42 Å². The van der Waals surface area contributed by atoms with Crippen LogP contribution in [0.5, 0.6) is 0 Å².